The maximum Gasteiger partial charge on any atom is 0.157 e. The average Bonchev–Trinajstić information content (AvgIpc) is 2.80. The van der Waals surface area contributed by atoms with E-state index in [1.807, 2.05) is 0 Å². The van der Waals surface area contributed by atoms with E-state index in [4.69, 9.17) is 28.4 Å². The van der Waals surface area contributed by atoms with Gasteiger partial charge in [0.15, 0.2) is 6.29 Å². The normalized spacial score (nSPS) is 17.9. The lowest BCUT2D eigenvalue weighted by molar-refractivity contribution is -0.169. The fraction of sp³-hybridized carbons (Fsp3) is 0.750. The Morgan fingerprint density at radius 3 is 2.00 bits per heavy atom. The number of benzene rings is 1. The molecule has 30 heavy (non-hydrogen) atoms. The highest BCUT2D eigenvalue weighted by atomic mass is 16.7. The molecule has 172 valence electrons. The molecular formula is C24H40O6. The van der Waals surface area contributed by atoms with Gasteiger partial charge in [-0.15, -0.1) is 0 Å². The number of hydrogen-bond acceptors (Lipinski definition) is 6. The summed E-state index contributed by atoms with van der Waals surface area (Å²) in [6.07, 6.45) is 4.42. The highest BCUT2D eigenvalue weighted by Crippen LogP contribution is 2.19. The topological polar surface area (TPSA) is 55.4 Å². The number of rotatable bonds is 17. The quantitative estimate of drug-likeness (QED) is 0.347. The fourth-order valence-electron chi connectivity index (χ4n) is 3.11. The molecule has 0 spiro atoms. The molecule has 1 aliphatic heterocycles. The van der Waals surface area contributed by atoms with E-state index in [0.29, 0.717) is 65.4 Å². The van der Waals surface area contributed by atoms with Gasteiger partial charge in [-0.3, -0.25) is 0 Å². The van der Waals surface area contributed by atoms with Crippen LogP contribution in [0.25, 0.3) is 0 Å². The Balaban J connectivity index is 1.31. The summed E-state index contributed by atoms with van der Waals surface area (Å²) in [6, 6.07) is 8.69. The Kier molecular flexibility index (Phi) is 14.0. The van der Waals surface area contributed by atoms with Crippen LogP contribution in [-0.2, 0) is 35.0 Å². The molecule has 0 amide bonds. The predicted octanol–water partition coefficient (Wildman–Crippen LogP) is 4.31. The summed E-state index contributed by atoms with van der Waals surface area (Å²) >= 11 is 0. The standard InChI is InChI=1S/C24H40O6/c1-3-21(2)23-9-7-22(8-10-23)20-28-17-16-26-13-12-25-14-15-27-18-19-30-24-6-4-5-11-29-24/h7-10,21,24H,3-6,11-20H2,1-2H3. The molecule has 2 unspecified atom stereocenters. The van der Waals surface area contributed by atoms with Crippen LogP contribution in [-0.4, -0.2) is 65.8 Å². The first-order valence-corrected chi connectivity index (χ1v) is 11.4. The molecule has 1 fully saturated rings. The van der Waals surface area contributed by atoms with Gasteiger partial charge in [0.1, 0.15) is 0 Å². The van der Waals surface area contributed by atoms with Crippen molar-refractivity contribution in [1.82, 2.24) is 0 Å². The minimum absolute atomic E-state index is 0.0464. The summed E-state index contributed by atoms with van der Waals surface area (Å²) in [6.45, 7) is 10.4. The van der Waals surface area contributed by atoms with Crippen LogP contribution in [0.15, 0.2) is 24.3 Å². The lowest BCUT2D eigenvalue weighted by Crippen LogP contribution is -2.24. The number of hydrogen-bond donors (Lipinski definition) is 0. The first kappa shape index (κ1) is 25.2. The van der Waals surface area contributed by atoms with E-state index in [1.54, 1.807) is 0 Å². The Hall–Kier alpha value is -1.02. The fourth-order valence-corrected chi connectivity index (χ4v) is 3.11. The van der Waals surface area contributed by atoms with Crippen LogP contribution >= 0.6 is 0 Å². The van der Waals surface area contributed by atoms with Gasteiger partial charge in [0, 0.05) is 6.61 Å². The van der Waals surface area contributed by atoms with Gasteiger partial charge in [-0.05, 0) is 42.7 Å². The molecule has 1 heterocycles. The molecule has 6 heteroatoms. The van der Waals surface area contributed by atoms with Crippen LogP contribution in [0.1, 0.15) is 56.6 Å². The first-order valence-electron chi connectivity index (χ1n) is 11.4. The second-order valence-corrected chi connectivity index (χ2v) is 7.61. The third kappa shape index (κ3) is 11.4. The van der Waals surface area contributed by atoms with Crippen LogP contribution in [0.4, 0.5) is 0 Å². The monoisotopic (exact) mass is 424 g/mol. The molecule has 0 aromatic heterocycles. The molecular weight excluding hydrogens is 384 g/mol. The highest BCUT2D eigenvalue weighted by molar-refractivity contribution is 5.24. The minimum Gasteiger partial charge on any atom is -0.377 e. The van der Waals surface area contributed by atoms with Crippen LogP contribution in [0, 0.1) is 0 Å². The average molecular weight is 425 g/mol. The smallest absolute Gasteiger partial charge is 0.157 e. The third-order valence-corrected chi connectivity index (χ3v) is 5.22. The Bertz CT molecular complexity index is 515. The van der Waals surface area contributed by atoms with Crippen molar-refractivity contribution in [3.63, 3.8) is 0 Å². The highest BCUT2D eigenvalue weighted by Gasteiger charge is 2.13. The SMILES string of the molecule is CCC(C)c1ccc(COCCOCCOCCOCCOC2CCCCO2)cc1. The van der Waals surface area contributed by atoms with Gasteiger partial charge >= 0.3 is 0 Å². The van der Waals surface area contributed by atoms with Crippen molar-refractivity contribution in [2.24, 2.45) is 0 Å². The zero-order valence-corrected chi connectivity index (χ0v) is 18.8. The second-order valence-electron chi connectivity index (χ2n) is 7.61. The van der Waals surface area contributed by atoms with Gasteiger partial charge in [-0.25, -0.2) is 0 Å². The minimum atomic E-state index is -0.0464. The van der Waals surface area contributed by atoms with E-state index < -0.39 is 0 Å². The molecule has 0 saturated carbocycles. The summed E-state index contributed by atoms with van der Waals surface area (Å²) in [4.78, 5) is 0. The summed E-state index contributed by atoms with van der Waals surface area (Å²) in [7, 11) is 0. The molecule has 0 aliphatic carbocycles. The summed E-state index contributed by atoms with van der Waals surface area (Å²) in [5.41, 5.74) is 2.58. The van der Waals surface area contributed by atoms with E-state index in [0.717, 1.165) is 25.9 Å². The van der Waals surface area contributed by atoms with E-state index in [1.165, 1.54) is 17.5 Å². The van der Waals surface area contributed by atoms with Gasteiger partial charge < -0.3 is 28.4 Å². The van der Waals surface area contributed by atoms with Crippen molar-refractivity contribution in [1.29, 1.82) is 0 Å². The molecule has 1 aromatic carbocycles. The molecule has 2 atom stereocenters. The van der Waals surface area contributed by atoms with Crippen LogP contribution < -0.4 is 0 Å². The van der Waals surface area contributed by atoms with E-state index in [-0.39, 0.29) is 6.29 Å². The molecule has 0 bridgehead atoms. The lowest BCUT2D eigenvalue weighted by atomic mass is 9.98. The molecule has 0 radical (unpaired) electrons. The maximum atomic E-state index is 5.67. The van der Waals surface area contributed by atoms with Crippen molar-refractivity contribution in [2.45, 2.75) is 58.3 Å². The van der Waals surface area contributed by atoms with Gasteiger partial charge in [-0.2, -0.15) is 0 Å². The molecule has 1 aliphatic rings. The Morgan fingerprint density at radius 1 is 0.833 bits per heavy atom. The van der Waals surface area contributed by atoms with Crippen molar-refractivity contribution in [3.8, 4) is 0 Å². The van der Waals surface area contributed by atoms with Gasteiger partial charge in [0.05, 0.1) is 59.5 Å². The van der Waals surface area contributed by atoms with Crippen molar-refractivity contribution >= 4 is 0 Å². The largest absolute Gasteiger partial charge is 0.377 e. The third-order valence-electron chi connectivity index (χ3n) is 5.22. The van der Waals surface area contributed by atoms with Gasteiger partial charge in [0.2, 0.25) is 0 Å². The van der Waals surface area contributed by atoms with Crippen molar-refractivity contribution in [3.05, 3.63) is 35.4 Å². The molecule has 0 N–H and O–H groups in total. The Labute approximate surface area is 182 Å². The van der Waals surface area contributed by atoms with E-state index >= 15 is 0 Å². The molecule has 1 aromatic rings. The molecule has 6 nitrogen and oxygen atoms in total. The predicted molar refractivity (Wildman–Crippen MR) is 117 cm³/mol. The van der Waals surface area contributed by atoms with Gasteiger partial charge in [-0.1, -0.05) is 38.1 Å². The van der Waals surface area contributed by atoms with Crippen LogP contribution in [0.3, 0.4) is 0 Å². The van der Waals surface area contributed by atoms with Crippen LogP contribution in [0.5, 0.6) is 0 Å². The Morgan fingerprint density at radius 2 is 1.43 bits per heavy atom. The lowest BCUT2D eigenvalue weighted by Gasteiger charge is -2.22. The maximum absolute atomic E-state index is 5.67. The summed E-state index contributed by atoms with van der Waals surface area (Å²) in [5.74, 6) is 0.609. The summed E-state index contributed by atoms with van der Waals surface area (Å²) < 4.78 is 33.3. The van der Waals surface area contributed by atoms with Crippen LogP contribution in [0.2, 0.25) is 0 Å². The molecule has 2 rings (SSSR count). The number of ether oxygens (including phenoxy) is 6. The summed E-state index contributed by atoms with van der Waals surface area (Å²) in [5, 5.41) is 0. The van der Waals surface area contributed by atoms with Gasteiger partial charge in [0.25, 0.3) is 0 Å². The molecule has 1 saturated heterocycles. The zero-order valence-electron chi connectivity index (χ0n) is 18.8. The van der Waals surface area contributed by atoms with E-state index in [2.05, 4.69) is 38.1 Å². The van der Waals surface area contributed by atoms with Crippen molar-refractivity contribution in [2.75, 3.05) is 59.5 Å². The van der Waals surface area contributed by atoms with E-state index in [9.17, 15) is 0 Å². The first-order chi connectivity index (χ1) is 14.8. The second kappa shape index (κ2) is 16.6. The van der Waals surface area contributed by atoms with Crippen molar-refractivity contribution < 1.29 is 28.4 Å². The zero-order chi connectivity index (χ0) is 21.3.